The highest BCUT2D eigenvalue weighted by Gasteiger charge is 2.32. The van der Waals surface area contributed by atoms with Crippen LogP contribution in [0.4, 0.5) is 0 Å². The lowest BCUT2D eigenvalue weighted by Gasteiger charge is -2.47. The molecule has 3 aliphatic rings. The monoisotopic (exact) mass is 262 g/mol. The van der Waals surface area contributed by atoms with Gasteiger partial charge in [-0.2, -0.15) is 0 Å². The van der Waals surface area contributed by atoms with Crippen LogP contribution in [0, 0.1) is 0 Å². The van der Waals surface area contributed by atoms with Crippen molar-refractivity contribution in [2.75, 3.05) is 26.2 Å². The van der Waals surface area contributed by atoms with Crippen molar-refractivity contribution in [1.29, 1.82) is 0 Å². The zero-order chi connectivity index (χ0) is 13.1. The van der Waals surface area contributed by atoms with Crippen LogP contribution in [0.5, 0.6) is 0 Å². The molecule has 0 N–H and O–H groups in total. The molecule has 2 saturated heterocycles. The van der Waals surface area contributed by atoms with Gasteiger partial charge < -0.3 is 0 Å². The predicted octanol–water partition coefficient (Wildman–Crippen LogP) is 3.44. The molecule has 0 bridgehead atoms. The van der Waals surface area contributed by atoms with Gasteiger partial charge in [-0.15, -0.1) is 0 Å². The van der Waals surface area contributed by atoms with Crippen LogP contribution in [0.1, 0.15) is 58.3 Å². The van der Waals surface area contributed by atoms with E-state index in [1.54, 1.807) is 5.57 Å². The number of piperazine rings is 1. The van der Waals surface area contributed by atoms with E-state index in [0.29, 0.717) is 0 Å². The minimum Gasteiger partial charge on any atom is -0.298 e. The highest BCUT2D eigenvalue weighted by Crippen LogP contribution is 2.26. The largest absolute Gasteiger partial charge is 0.298 e. The Labute approximate surface area is 118 Å². The van der Waals surface area contributed by atoms with E-state index < -0.39 is 0 Å². The van der Waals surface area contributed by atoms with Gasteiger partial charge >= 0.3 is 0 Å². The fourth-order valence-electron chi connectivity index (χ4n) is 4.14. The highest BCUT2D eigenvalue weighted by atomic mass is 15.3. The van der Waals surface area contributed by atoms with Crippen molar-refractivity contribution in [3.05, 3.63) is 11.6 Å². The number of allylic oxidation sites excluding steroid dienone is 1. The van der Waals surface area contributed by atoms with E-state index >= 15 is 0 Å². The second-order valence-electron chi connectivity index (χ2n) is 6.85. The lowest BCUT2D eigenvalue weighted by atomic mass is 9.95. The second-order valence-corrected chi connectivity index (χ2v) is 6.85. The minimum absolute atomic E-state index is 0.763. The van der Waals surface area contributed by atoms with Crippen molar-refractivity contribution in [1.82, 2.24) is 9.80 Å². The van der Waals surface area contributed by atoms with Gasteiger partial charge in [-0.05, 0) is 58.4 Å². The summed E-state index contributed by atoms with van der Waals surface area (Å²) in [7, 11) is 0. The molecule has 2 heterocycles. The number of hydrogen-bond donors (Lipinski definition) is 0. The fraction of sp³-hybridized carbons (Fsp3) is 0.882. The number of piperidine rings is 1. The van der Waals surface area contributed by atoms with E-state index in [1.807, 2.05) is 0 Å². The zero-order valence-corrected chi connectivity index (χ0v) is 12.6. The molecule has 1 aliphatic carbocycles. The number of nitrogens with zero attached hydrogens (tertiary/aromatic N) is 2. The first-order chi connectivity index (χ1) is 9.33. The maximum absolute atomic E-state index is 2.77. The van der Waals surface area contributed by atoms with Gasteiger partial charge in [0.05, 0.1) is 0 Å². The molecular formula is C17H30N2. The Morgan fingerprint density at radius 1 is 1.16 bits per heavy atom. The number of fused-ring (bicyclic) bond motifs is 1. The molecule has 2 nitrogen and oxygen atoms in total. The van der Waals surface area contributed by atoms with Crippen molar-refractivity contribution < 1.29 is 0 Å². The lowest BCUT2D eigenvalue weighted by molar-refractivity contribution is 0.0159. The van der Waals surface area contributed by atoms with E-state index in [0.717, 1.165) is 12.1 Å². The van der Waals surface area contributed by atoms with Crippen LogP contribution in [0.3, 0.4) is 0 Å². The summed E-state index contributed by atoms with van der Waals surface area (Å²) in [6.45, 7) is 7.73. The summed E-state index contributed by atoms with van der Waals surface area (Å²) in [5, 5.41) is 0. The Kier molecular flexibility index (Phi) is 4.60. The quantitative estimate of drug-likeness (QED) is 0.719. The highest BCUT2D eigenvalue weighted by molar-refractivity contribution is 5.05. The van der Waals surface area contributed by atoms with Crippen LogP contribution >= 0.6 is 0 Å². The summed E-state index contributed by atoms with van der Waals surface area (Å²) in [4.78, 5) is 5.52. The summed E-state index contributed by atoms with van der Waals surface area (Å²) >= 11 is 0. The minimum atomic E-state index is 0.763. The summed E-state index contributed by atoms with van der Waals surface area (Å²) in [5.41, 5.74) is 1.74. The van der Waals surface area contributed by atoms with Crippen molar-refractivity contribution >= 4 is 0 Å². The first-order valence-electron chi connectivity index (χ1n) is 8.49. The standard InChI is InChI=1S/C17H30N2/c1-15-13-19-11-6-5-9-17(19)14-18(15)12-10-16-7-3-2-4-8-16/h7,15,17H,2-6,8-14H2,1H3. The molecule has 0 aromatic rings. The maximum Gasteiger partial charge on any atom is 0.0223 e. The summed E-state index contributed by atoms with van der Waals surface area (Å²) in [6, 6.07) is 1.63. The Morgan fingerprint density at radius 3 is 2.95 bits per heavy atom. The molecule has 2 aliphatic heterocycles. The summed E-state index contributed by atoms with van der Waals surface area (Å²) in [5.74, 6) is 0. The summed E-state index contributed by atoms with van der Waals surface area (Å²) in [6.07, 6.45) is 13.7. The van der Waals surface area contributed by atoms with Crippen LogP contribution in [-0.4, -0.2) is 48.1 Å². The molecule has 0 aromatic heterocycles. The maximum atomic E-state index is 2.77. The van der Waals surface area contributed by atoms with E-state index in [2.05, 4.69) is 22.8 Å². The van der Waals surface area contributed by atoms with Crippen LogP contribution in [-0.2, 0) is 0 Å². The molecule has 0 spiro atoms. The Balaban J connectivity index is 1.51. The van der Waals surface area contributed by atoms with Crippen molar-refractivity contribution in [3.8, 4) is 0 Å². The Morgan fingerprint density at radius 2 is 2.11 bits per heavy atom. The number of hydrogen-bond acceptors (Lipinski definition) is 2. The van der Waals surface area contributed by atoms with Crippen LogP contribution in [0.25, 0.3) is 0 Å². The van der Waals surface area contributed by atoms with Crippen LogP contribution in [0.2, 0.25) is 0 Å². The summed E-state index contributed by atoms with van der Waals surface area (Å²) < 4.78 is 0. The third-order valence-corrected chi connectivity index (χ3v) is 5.42. The van der Waals surface area contributed by atoms with Crippen LogP contribution in [0.15, 0.2) is 11.6 Å². The molecule has 2 atom stereocenters. The number of rotatable bonds is 3. The third kappa shape index (κ3) is 3.41. The SMILES string of the molecule is CC1CN2CCCCC2CN1CCC1=CCCCC1. The first-order valence-corrected chi connectivity index (χ1v) is 8.49. The van der Waals surface area contributed by atoms with E-state index in [9.17, 15) is 0 Å². The average molecular weight is 262 g/mol. The van der Waals surface area contributed by atoms with Gasteiger partial charge in [0, 0.05) is 31.7 Å². The van der Waals surface area contributed by atoms with Gasteiger partial charge in [-0.1, -0.05) is 18.1 Å². The van der Waals surface area contributed by atoms with E-state index in [1.165, 1.54) is 77.5 Å². The van der Waals surface area contributed by atoms with Crippen LogP contribution < -0.4 is 0 Å². The van der Waals surface area contributed by atoms with Gasteiger partial charge in [0.2, 0.25) is 0 Å². The molecule has 2 fully saturated rings. The molecular weight excluding hydrogens is 232 g/mol. The van der Waals surface area contributed by atoms with Gasteiger partial charge in [0.25, 0.3) is 0 Å². The predicted molar refractivity (Wildman–Crippen MR) is 81.4 cm³/mol. The molecule has 108 valence electrons. The smallest absolute Gasteiger partial charge is 0.0223 e. The molecule has 0 saturated carbocycles. The molecule has 3 rings (SSSR count). The Hall–Kier alpha value is -0.340. The van der Waals surface area contributed by atoms with Crippen molar-refractivity contribution in [2.45, 2.75) is 70.4 Å². The molecule has 0 amide bonds. The zero-order valence-electron chi connectivity index (χ0n) is 12.6. The van der Waals surface area contributed by atoms with Gasteiger partial charge in [0.1, 0.15) is 0 Å². The van der Waals surface area contributed by atoms with E-state index in [4.69, 9.17) is 0 Å². The van der Waals surface area contributed by atoms with Gasteiger partial charge in [-0.3, -0.25) is 9.80 Å². The molecule has 2 unspecified atom stereocenters. The second kappa shape index (κ2) is 6.41. The lowest BCUT2D eigenvalue weighted by Crippen LogP contribution is -2.58. The van der Waals surface area contributed by atoms with Gasteiger partial charge in [-0.25, -0.2) is 0 Å². The van der Waals surface area contributed by atoms with Crippen molar-refractivity contribution in [3.63, 3.8) is 0 Å². The average Bonchev–Trinajstić information content (AvgIpc) is 2.46. The first kappa shape index (κ1) is 13.6. The third-order valence-electron chi connectivity index (χ3n) is 5.42. The molecule has 2 heteroatoms. The molecule has 0 aromatic carbocycles. The molecule has 0 radical (unpaired) electrons. The normalized spacial score (nSPS) is 33.8. The Bertz CT molecular complexity index is 323. The van der Waals surface area contributed by atoms with E-state index in [-0.39, 0.29) is 0 Å². The molecule has 19 heavy (non-hydrogen) atoms. The van der Waals surface area contributed by atoms with Gasteiger partial charge in [0.15, 0.2) is 0 Å². The fourth-order valence-corrected chi connectivity index (χ4v) is 4.14. The topological polar surface area (TPSA) is 6.48 Å². The van der Waals surface area contributed by atoms with Crippen molar-refractivity contribution in [2.24, 2.45) is 0 Å².